The molecule has 4 aromatic rings. The Morgan fingerprint density at radius 3 is 2.61 bits per heavy atom. The van der Waals surface area contributed by atoms with E-state index < -0.39 is 0 Å². The first-order chi connectivity index (χ1) is 15.3. The highest BCUT2D eigenvalue weighted by Crippen LogP contribution is 2.35. The third kappa shape index (κ3) is 3.98. The lowest BCUT2D eigenvalue weighted by molar-refractivity contribution is 0.420. The fourth-order valence-corrected chi connectivity index (χ4v) is 4.71. The lowest BCUT2D eigenvalue weighted by atomic mass is 9.83. The van der Waals surface area contributed by atoms with Crippen molar-refractivity contribution < 1.29 is 4.74 Å². The first-order valence-electron chi connectivity index (χ1n) is 11.1. The maximum Gasteiger partial charge on any atom is 0.126 e. The van der Waals surface area contributed by atoms with Crippen LogP contribution in [-0.4, -0.2) is 18.3 Å². The first-order valence-corrected chi connectivity index (χ1v) is 11.1. The van der Waals surface area contributed by atoms with Crippen molar-refractivity contribution in [1.29, 1.82) is 0 Å². The van der Waals surface area contributed by atoms with Crippen molar-refractivity contribution in [2.75, 3.05) is 12.5 Å². The average molecular weight is 410 g/mol. The van der Waals surface area contributed by atoms with Gasteiger partial charge in [0.2, 0.25) is 0 Å². The van der Waals surface area contributed by atoms with Crippen LogP contribution in [0.3, 0.4) is 0 Å². The molecule has 1 aromatic heterocycles. The molecule has 3 aromatic carbocycles. The molecule has 4 heteroatoms. The van der Waals surface area contributed by atoms with Gasteiger partial charge in [-0.15, -0.1) is 0 Å². The number of ether oxygens (including phenoxy) is 1. The molecule has 0 unspecified atom stereocenters. The summed E-state index contributed by atoms with van der Waals surface area (Å²) in [5.74, 6) is 1.54. The van der Waals surface area contributed by atoms with Crippen molar-refractivity contribution in [3.8, 4) is 5.75 Å². The van der Waals surface area contributed by atoms with E-state index >= 15 is 0 Å². The maximum atomic E-state index is 5.50. The van der Waals surface area contributed by atoms with Gasteiger partial charge in [0, 0.05) is 22.5 Å². The maximum absolute atomic E-state index is 5.50. The SMILES string of the molecule is COc1ccc(/C=N/Nc2ccnc3ccc(C4CCCCC4)cc23)c2ccccc12. The Morgan fingerprint density at radius 2 is 1.77 bits per heavy atom. The number of rotatable bonds is 5. The monoisotopic (exact) mass is 409 g/mol. The highest BCUT2D eigenvalue weighted by atomic mass is 16.5. The summed E-state index contributed by atoms with van der Waals surface area (Å²) >= 11 is 0. The second-order valence-corrected chi connectivity index (χ2v) is 8.24. The molecule has 1 heterocycles. The third-order valence-corrected chi connectivity index (χ3v) is 6.37. The van der Waals surface area contributed by atoms with Crippen molar-refractivity contribution in [1.82, 2.24) is 4.98 Å². The molecule has 0 bridgehead atoms. The van der Waals surface area contributed by atoms with Crippen LogP contribution in [0.1, 0.15) is 49.1 Å². The largest absolute Gasteiger partial charge is 0.496 e. The van der Waals surface area contributed by atoms with Crippen molar-refractivity contribution in [3.05, 3.63) is 78.0 Å². The number of hydrogen-bond donors (Lipinski definition) is 1. The zero-order valence-electron chi connectivity index (χ0n) is 17.8. The molecule has 1 N–H and O–H groups in total. The number of fused-ring (bicyclic) bond motifs is 2. The average Bonchev–Trinajstić information content (AvgIpc) is 2.84. The summed E-state index contributed by atoms with van der Waals surface area (Å²) in [5.41, 5.74) is 7.71. The molecule has 4 nitrogen and oxygen atoms in total. The van der Waals surface area contributed by atoms with Crippen LogP contribution in [0, 0.1) is 0 Å². The number of hydrogen-bond acceptors (Lipinski definition) is 4. The lowest BCUT2D eigenvalue weighted by Crippen LogP contribution is -2.04. The summed E-state index contributed by atoms with van der Waals surface area (Å²) in [6.07, 6.45) is 10.3. The molecule has 0 saturated heterocycles. The van der Waals surface area contributed by atoms with E-state index in [1.165, 1.54) is 37.7 Å². The second-order valence-electron chi connectivity index (χ2n) is 8.24. The predicted octanol–water partition coefficient (Wildman–Crippen LogP) is 6.89. The predicted molar refractivity (Wildman–Crippen MR) is 129 cm³/mol. The number of nitrogens with zero attached hydrogens (tertiary/aromatic N) is 2. The fourth-order valence-electron chi connectivity index (χ4n) is 4.71. The Labute approximate surface area is 183 Å². The van der Waals surface area contributed by atoms with E-state index in [0.717, 1.165) is 38.7 Å². The number of benzene rings is 3. The van der Waals surface area contributed by atoms with E-state index in [-0.39, 0.29) is 0 Å². The summed E-state index contributed by atoms with van der Waals surface area (Å²) in [4.78, 5) is 4.55. The van der Waals surface area contributed by atoms with Crippen LogP contribution in [0.2, 0.25) is 0 Å². The standard InChI is InChI=1S/C27H27N3O/c1-31-27-14-12-21(22-9-5-6-10-23(22)27)18-29-30-26-15-16-28-25-13-11-20(17-24(25)26)19-7-3-2-4-8-19/h5-6,9-19H,2-4,7-8H2,1H3,(H,28,30)/b29-18+. The molecule has 0 amide bonds. The minimum atomic E-state index is 0.667. The van der Waals surface area contributed by atoms with Gasteiger partial charge in [-0.1, -0.05) is 49.6 Å². The number of methoxy groups -OCH3 is 1. The van der Waals surface area contributed by atoms with Gasteiger partial charge in [0.25, 0.3) is 0 Å². The Hall–Kier alpha value is -3.40. The van der Waals surface area contributed by atoms with Crippen molar-refractivity contribution in [2.24, 2.45) is 5.10 Å². The van der Waals surface area contributed by atoms with E-state index in [0.29, 0.717) is 5.92 Å². The quantitative estimate of drug-likeness (QED) is 0.288. The second kappa shape index (κ2) is 8.76. The molecule has 0 radical (unpaired) electrons. The number of hydrazone groups is 1. The van der Waals surface area contributed by atoms with Crippen molar-refractivity contribution >= 4 is 33.6 Å². The van der Waals surface area contributed by atoms with Gasteiger partial charge in [0.1, 0.15) is 5.75 Å². The lowest BCUT2D eigenvalue weighted by Gasteiger charge is -2.22. The van der Waals surface area contributed by atoms with Gasteiger partial charge in [-0.3, -0.25) is 10.4 Å². The third-order valence-electron chi connectivity index (χ3n) is 6.37. The van der Waals surface area contributed by atoms with Gasteiger partial charge in [-0.05, 0) is 60.0 Å². The van der Waals surface area contributed by atoms with Gasteiger partial charge in [-0.25, -0.2) is 0 Å². The number of pyridine rings is 1. The van der Waals surface area contributed by atoms with Crippen LogP contribution < -0.4 is 10.2 Å². The van der Waals surface area contributed by atoms with Crippen LogP contribution in [0.15, 0.2) is 72.0 Å². The van der Waals surface area contributed by atoms with Crippen LogP contribution in [0.25, 0.3) is 21.7 Å². The van der Waals surface area contributed by atoms with E-state index in [9.17, 15) is 0 Å². The Balaban J connectivity index is 1.44. The number of nitrogens with one attached hydrogen (secondary N) is 1. The number of aromatic nitrogens is 1. The van der Waals surface area contributed by atoms with Crippen molar-refractivity contribution in [2.45, 2.75) is 38.0 Å². The van der Waals surface area contributed by atoms with Gasteiger partial charge in [0.15, 0.2) is 0 Å². The molecule has 5 rings (SSSR count). The van der Waals surface area contributed by atoms with Crippen molar-refractivity contribution in [3.63, 3.8) is 0 Å². The molecular formula is C27H27N3O. The van der Waals surface area contributed by atoms with E-state index in [1.807, 2.05) is 42.7 Å². The minimum Gasteiger partial charge on any atom is -0.496 e. The zero-order valence-corrected chi connectivity index (χ0v) is 17.8. The van der Waals surface area contributed by atoms with Crippen LogP contribution >= 0.6 is 0 Å². The summed E-state index contributed by atoms with van der Waals surface area (Å²) in [6.45, 7) is 0. The highest BCUT2D eigenvalue weighted by molar-refractivity contribution is 6.02. The minimum absolute atomic E-state index is 0.667. The van der Waals surface area contributed by atoms with Crippen LogP contribution in [0.4, 0.5) is 5.69 Å². The molecule has 1 aliphatic carbocycles. The molecule has 1 aliphatic rings. The molecule has 0 aliphatic heterocycles. The van der Waals surface area contributed by atoms with Gasteiger partial charge in [0.05, 0.1) is 24.5 Å². The fraction of sp³-hybridized carbons (Fsp3) is 0.259. The summed E-state index contributed by atoms with van der Waals surface area (Å²) < 4.78 is 5.50. The topological polar surface area (TPSA) is 46.5 Å². The normalized spacial score (nSPS) is 15.0. The Kier molecular flexibility index (Phi) is 5.53. The van der Waals surface area contributed by atoms with E-state index in [4.69, 9.17) is 4.74 Å². The molecule has 0 spiro atoms. The van der Waals surface area contributed by atoms with Crippen LogP contribution in [-0.2, 0) is 0 Å². The summed E-state index contributed by atoms with van der Waals surface area (Å²) in [5, 5.41) is 7.89. The van der Waals surface area contributed by atoms with Gasteiger partial charge < -0.3 is 4.74 Å². The highest BCUT2D eigenvalue weighted by Gasteiger charge is 2.16. The Bertz CT molecular complexity index is 1240. The molecular weight excluding hydrogens is 382 g/mol. The van der Waals surface area contributed by atoms with E-state index in [2.05, 4.69) is 45.8 Å². The molecule has 1 saturated carbocycles. The molecule has 0 atom stereocenters. The molecule has 31 heavy (non-hydrogen) atoms. The first kappa shape index (κ1) is 19.6. The number of anilines is 1. The Morgan fingerprint density at radius 1 is 0.935 bits per heavy atom. The molecule has 156 valence electrons. The van der Waals surface area contributed by atoms with Crippen LogP contribution in [0.5, 0.6) is 5.75 Å². The summed E-state index contributed by atoms with van der Waals surface area (Å²) in [6, 6.07) is 21.0. The zero-order chi connectivity index (χ0) is 21.0. The summed E-state index contributed by atoms with van der Waals surface area (Å²) in [7, 11) is 1.70. The van der Waals surface area contributed by atoms with Gasteiger partial charge >= 0.3 is 0 Å². The van der Waals surface area contributed by atoms with E-state index in [1.54, 1.807) is 7.11 Å². The smallest absolute Gasteiger partial charge is 0.126 e. The molecule has 1 fully saturated rings. The van der Waals surface area contributed by atoms with Gasteiger partial charge in [-0.2, -0.15) is 5.10 Å².